The van der Waals surface area contributed by atoms with Gasteiger partial charge in [-0.2, -0.15) is 0 Å². The summed E-state index contributed by atoms with van der Waals surface area (Å²) in [4.78, 5) is 4.45. The Balaban J connectivity index is 2.78. The quantitative estimate of drug-likeness (QED) is 0.897. The average Bonchev–Trinajstić information content (AvgIpc) is 2.67. The molecule has 114 valence electrons. The summed E-state index contributed by atoms with van der Waals surface area (Å²) >= 11 is 0. The van der Waals surface area contributed by atoms with E-state index in [0.717, 1.165) is 0 Å². The number of imidazole rings is 1. The second-order valence-electron chi connectivity index (χ2n) is 6.48. The third kappa shape index (κ3) is 2.64. The molecule has 0 aliphatic heterocycles. The summed E-state index contributed by atoms with van der Waals surface area (Å²) in [6.45, 7) is 9.92. The molecule has 0 bridgehead atoms. The van der Waals surface area contributed by atoms with E-state index in [9.17, 15) is 8.78 Å². The van der Waals surface area contributed by atoms with Gasteiger partial charge in [-0.3, -0.25) is 0 Å². The van der Waals surface area contributed by atoms with Gasteiger partial charge in [-0.15, -0.1) is 0 Å². The number of halogens is 2. The molecule has 3 nitrogen and oxygen atoms in total. The molecule has 2 N–H and O–H groups in total. The maximum absolute atomic E-state index is 14.0. The highest BCUT2D eigenvalue weighted by molar-refractivity contribution is 5.72. The number of benzene rings is 1. The van der Waals surface area contributed by atoms with Gasteiger partial charge in [-0.1, -0.05) is 26.8 Å². The lowest BCUT2D eigenvalue weighted by molar-refractivity contribution is 0.473. The Morgan fingerprint density at radius 3 is 2.05 bits per heavy atom. The van der Waals surface area contributed by atoms with Gasteiger partial charge in [0.15, 0.2) is 0 Å². The first kappa shape index (κ1) is 15.5. The van der Waals surface area contributed by atoms with E-state index in [1.807, 2.05) is 39.2 Å². The molecule has 21 heavy (non-hydrogen) atoms. The Hall–Kier alpha value is -1.91. The molecule has 0 saturated heterocycles. The monoisotopic (exact) mass is 293 g/mol. The lowest BCUT2D eigenvalue weighted by Crippen LogP contribution is -2.21. The molecule has 1 heterocycles. The molecule has 1 aromatic carbocycles. The Labute approximate surface area is 123 Å². The molecule has 0 amide bonds. The fourth-order valence-electron chi connectivity index (χ4n) is 2.41. The summed E-state index contributed by atoms with van der Waals surface area (Å²) < 4.78 is 29.9. The van der Waals surface area contributed by atoms with E-state index in [1.54, 1.807) is 0 Å². The molecule has 0 aliphatic rings. The number of nitrogens with two attached hydrogens (primary N) is 1. The number of aromatic nitrogens is 2. The van der Waals surface area contributed by atoms with Gasteiger partial charge >= 0.3 is 0 Å². The van der Waals surface area contributed by atoms with Gasteiger partial charge in [-0.05, 0) is 26.0 Å². The zero-order chi connectivity index (χ0) is 15.9. The number of nitrogens with zero attached hydrogens (tertiary/aromatic N) is 2. The predicted octanol–water partition coefficient (Wildman–Crippen LogP) is 4.29. The van der Waals surface area contributed by atoms with Crippen LogP contribution in [0.4, 0.5) is 14.6 Å². The Kier molecular flexibility index (Phi) is 3.78. The first-order chi connectivity index (χ1) is 9.64. The topological polar surface area (TPSA) is 43.8 Å². The van der Waals surface area contributed by atoms with Crippen molar-refractivity contribution in [3.63, 3.8) is 0 Å². The van der Waals surface area contributed by atoms with Crippen molar-refractivity contribution in [1.29, 1.82) is 0 Å². The van der Waals surface area contributed by atoms with Gasteiger partial charge in [0.25, 0.3) is 0 Å². The van der Waals surface area contributed by atoms with Crippen LogP contribution in [0.25, 0.3) is 11.3 Å². The molecular weight excluding hydrogens is 272 g/mol. The van der Waals surface area contributed by atoms with Gasteiger partial charge in [0, 0.05) is 11.5 Å². The highest BCUT2D eigenvalue weighted by Gasteiger charge is 2.28. The summed E-state index contributed by atoms with van der Waals surface area (Å²) in [5.74, 6) is -0.308. The van der Waals surface area contributed by atoms with Crippen molar-refractivity contribution in [2.75, 3.05) is 5.73 Å². The largest absolute Gasteiger partial charge is 0.383 e. The zero-order valence-electron chi connectivity index (χ0n) is 13.0. The highest BCUT2D eigenvalue weighted by atomic mass is 19.1. The van der Waals surface area contributed by atoms with E-state index in [0.29, 0.717) is 11.6 Å². The van der Waals surface area contributed by atoms with Gasteiger partial charge < -0.3 is 10.3 Å². The van der Waals surface area contributed by atoms with Crippen LogP contribution in [0.15, 0.2) is 18.2 Å². The average molecular weight is 293 g/mol. The minimum atomic E-state index is -0.657. The SMILES string of the molecule is CC(C)n1c(C(C)(C)C)nc(-c2c(F)cccc2F)c1N. The number of rotatable bonds is 2. The van der Waals surface area contributed by atoms with Crippen LogP contribution in [0.2, 0.25) is 0 Å². The molecule has 0 saturated carbocycles. The van der Waals surface area contributed by atoms with Crippen molar-refractivity contribution in [1.82, 2.24) is 9.55 Å². The van der Waals surface area contributed by atoms with Crippen LogP contribution < -0.4 is 5.73 Å². The van der Waals surface area contributed by atoms with E-state index >= 15 is 0 Å². The summed E-state index contributed by atoms with van der Waals surface area (Å²) in [6, 6.07) is 3.80. The minimum Gasteiger partial charge on any atom is -0.383 e. The smallest absolute Gasteiger partial charge is 0.135 e. The number of nitrogen functional groups attached to an aromatic ring is 1. The highest BCUT2D eigenvalue weighted by Crippen LogP contribution is 2.36. The molecule has 1 aromatic heterocycles. The Morgan fingerprint density at radius 2 is 1.67 bits per heavy atom. The molecule has 0 radical (unpaired) electrons. The van der Waals surface area contributed by atoms with Crippen LogP contribution in [-0.2, 0) is 5.41 Å². The molecule has 0 aliphatic carbocycles. The van der Waals surface area contributed by atoms with Crippen molar-refractivity contribution >= 4 is 5.82 Å². The van der Waals surface area contributed by atoms with E-state index in [4.69, 9.17) is 5.73 Å². The molecule has 0 unspecified atom stereocenters. The lowest BCUT2D eigenvalue weighted by Gasteiger charge is -2.22. The van der Waals surface area contributed by atoms with Crippen molar-refractivity contribution < 1.29 is 8.78 Å². The van der Waals surface area contributed by atoms with E-state index in [1.165, 1.54) is 18.2 Å². The van der Waals surface area contributed by atoms with Gasteiger partial charge in [0.1, 0.15) is 29.0 Å². The van der Waals surface area contributed by atoms with Gasteiger partial charge in [0.2, 0.25) is 0 Å². The molecule has 0 fully saturated rings. The van der Waals surface area contributed by atoms with E-state index in [2.05, 4.69) is 4.98 Å². The normalized spacial score (nSPS) is 12.2. The third-order valence-electron chi connectivity index (χ3n) is 3.33. The molecule has 5 heteroatoms. The van der Waals surface area contributed by atoms with Crippen LogP contribution in [-0.4, -0.2) is 9.55 Å². The van der Waals surface area contributed by atoms with Gasteiger partial charge in [-0.25, -0.2) is 13.8 Å². The number of hydrogen-bond acceptors (Lipinski definition) is 2. The van der Waals surface area contributed by atoms with Crippen molar-refractivity contribution in [3.8, 4) is 11.3 Å². The fourth-order valence-corrected chi connectivity index (χ4v) is 2.41. The van der Waals surface area contributed by atoms with Gasteiger partial charge in [0.05, 0.1) is 5.56 Å². The maximum atomic E-state index is 14.0. The minimum absolute atomic E-state index is 0.0512. The van der Waals surface area contributed by atoms with Crippen molar-refractivity contribution in [2.24, 2.45) is 0 Å². The Morgan fingerprint density at radius 1 is 1.14 bits per heavy atom. The zero-order valence-corrected chi connectivity index (χ0v) is 13.0. The predicted molar refractivity (Wildman–Crippen MR) is 81.1 cm³/mol. The van der Waals surface area contributed by atoms with Crippen molar-refractivity contribution in [3.05, 3.63) is 35.7 Å². The lowest BCUT2D eigenvalue weighted by atomic mass is 9.95. The molecule has 0 spiro atoms. The summed E-state index contributed by atoms with van der Waals surface area (Å²) in [6.07, 6.45) is 0. The molecular formula is C16H21F2N3. The summed E-state index contributed by atoms with van der Waals surface area (Å²) in [5.41, 5.74) is 5.86. The molecule has 2 rings (SSSR count). The first-order valence-corrected chi connectivity index (χ1v) is 6.97. The van der Waals surface area contributed by atoms with Crippen LogP contribution in [0.5, 0.6) is 0 Å². The van der Waals surface area contributed by atoms with Crippen LogP contribution >= 0.6 is 0 Å². The summed E-state index contributed by atoms with van der Waals surface area (Å²) in [5, 5.41) is 0. The van der Waals surface area contributed by atoms with E-state index < -0.39 is 11.6 Å². The van der Waals surface area contributed by atoms with Crippen LogP contribution in [0, 0.1) is 11.6 Å². The summed E-state index contributed by atoms with van der Waals surface area (Å²) in [7, 11) is 0. The van der Waals surface area contributed by atoms with E-state index in [-0.39, 0.29) is 22.7 Å². The maximum Gasteiger partial charge on any atom is 0.135 e. The second-order valence-corrected chi connectivity index (χ2v) is 6.48. The number of hydrogen-bond donors (Lipinski definition) is 1. The second kappa shape index (κ2) is 5.13. The van der Waals surface area contributed by atoms with Crippen LogP contribution in [0.1, 0.15) is 46.5 Å². The number of anilines is 1. The fraction of sp³-hybridized carbons (Fsp3) is 0.438. The first-order valence-electron chi connectivity index (χ1n) is 6.97. The van der Waals surface area contributed by atoms with Crippen molar-refractivity contribution in [2.45, 2.75) is 46.1 Å². The molecule has 2 aromatic rings. The van der Waals surface area contributed by atoms with Crippen LogP contribution in [0.3, 0.4) is 0 Å². The standard InChI is InChI=1S/C16H21F2N3/c1-9(2)21-14(19)13(20-15(21)16(3,4)5)12-10(17)7-6-8-11(12)18/h6-9H,19H2,1-5H3. The Bertz CT molecular complexity index is 647. The molecule has 0 atom stereocenters. The third-order valence-corrected chi connectivity index (χ3v) is 3.33.